The fourth-order valence-corrected chi connectivity index (χ4v) is 5.51. The van der Waals surface area contributed by atoms with E-state index in [4.69, 9.17) is 4.74 Å². The predicted molar refractivity (Wildman–Crippen MR) is 158 cm³/mol. The predicted octanol–water partition coefficient (Wildman–Crippen LogP) is 7.06. The quantitative estimate of drug-likeness (QED) is 0.174. The minimum absolute atomic E-state index is 0.160. The maximum Gasteiger partial charge on any atom is 0.525 e. The van der Waals surface area contributed by atoms with Crippen molar-refractivity contribution in [3.63, 3.8) is 0 Å². The fourth-order valence-electron chi connectivity index (χ4n) is 5.51. The van der Waals surface area contributed by atoms with Gasteiger partial charge in [0.1, 0.15) is 18.5 Å². The van der Waals surface area contributed by atoms with Gasteiger partial charge in [-0.15, -0.1) is 4.48 Å². The maximum absolute atomic E-state index is 13.5. The number of alkyl carbamates (subject to hydrolysis) is 1. The number of carbonyl (C=O) groups excluding carboxylic acids is 1. The van der Waals surface area contributed by atoms with Gasteiger partial charge in [0.25, 0.3) is 0 Å². The highest BCUT2D eigenvalue weighted by molar-refractivity contribution is 5.76. The molecule has 0 radical (unpaired) electrons. The first kappa shape index (κ1) is 27.6. The van der Waals surface area contributed by atoms with Gasteiger partial charge in [-0.25, -0.2) is 9.79 Å². The van der Waals surface area contributed by atoms with Crippen molar-refractivity contribution < 1.29 is 23.9 Å². The molecule has 2 atom stereocenters. The van der Waals surface area contributed by atoms with Gasteiger partial charge < -0.3 is 15.2 Å². The molecule has 0 spiro atoms. The number of ether oxygens (including phenoxy) is 1. The molecular formula is C34H32N3O4+. The first-order valence-corrected chi connectivity index (χ1v) is 13.5. The lowest BCUT2D eigenvalue weighted by atomic mass is 9.74. The Bertz CT molecular complexity index is 1440. The molecule has 0 bridgehead atoms. The molecule has 7 nitrogen and oxygen atoms in total. The Morgan fingerprint density at radius 3 is 1.73 bits per heavy atom. The van der Waals surface area contributed by atoms with Crippen molar-refractivity contribution in [1.29, 1.82) is 0 Å². The second-order valence-electron chi connectivity index (χ2n) is 10.0. The van der Waals surface area contributed by atoms with Gasteiger partial charge in [0.05, 0.1) is 0 Å². The highest BCUT2D eigenvalue weighted by Gasteiger charge is 2.61. The van der Waals surface area contributed by atoms with Gasteiger partial charge in [-0.1, -0.05) is 121 Å². The number of nitrogens with zero attached hydrogens (tertiary/aromatic N) is 2. The second kappa shape index (κ2) is 12.0. The van der Waals surface area contributed by atoms with Gasteiger partial charge in [0.15, 0.2) is 5.54 Å². The van der Waals surface area contributed by atoms with Crippen molar-refractivity contribution in [2.24, 2.45) is 4.99 Å². The van der Waals surface area contributed by atoms with Crippen LogP contribution in [0.5, 0.6) is 0 Å². The molecule has 0 saturated carbocycles. The lowest BCUT2D eigenvalue weighted by molar-refractivity contribution is -0.757. The Labute approximate surface area is 239 Å². The Hall–Kier alpha value is -5.01. The molecule has 0 aromatic heterocycles. The van der Waals surface area contributed by atoms with Crippen LogP contribution >= 0.6 is 0 Å². The summed E-state index contributed by atoms with van der Waals surface area (Å²) in [4.78, 5) is 30.6. The number of aliphatic imine (C=N–C) groups is 1. The van der Waals surface area contributed by atoms with Gasteiger partial charge in [0, 0.05) is 29.2 Å². The van der Waals surface area contributed by atoms with Crippen LogP contribution in [0.4, 0.5) is 9.59 Å². The molecule has 0 aliphatic carbocycles. The molecule has 5 rings (SSSR count). The average molecular weight is 547 g/mol. The third-order valence-corrected chi connectivity index (χ3v) is 7.30. The van der Waals surface area contributed by atoms with Crippen LogP contribution in [-0.4, -0.2) is 34.2 Å². The SMILES string of the molecule is C[C@H](CC1=C[N+](C(=O)O)(C(c2ccccc2)(c2ccccc2)c2ccccc2)C=N1)NC(=O)OCc1ccccc1. The van der Waals surface area contributed by atoms with Crippen LogP contribution < -0.4 is 5.32 Å². The lowest BCUT2D eigenvalue weighted by Gasteiger charge is -2.44. The van der Waals surface area contributed by atoms with E-state index in [9.17, 15) is 14.7 Å². The number of nitrogens with one attached hydrogen (secondary N) is 1. The van der Waals surface area contributed by atoms with E-state index in [2.05, 4.69) is 10.3 Å². The van der Waals surface area contributed by atoms with Crippen LogP contribution in [0.25, 0.3) is 0 Å². The summed E-state index contributed by atoms with van der Waals surface area (Å²) in [6, 6.07) is 38.1. The molecule has 0 fully saturated rings. The number of carbonyl (C=O) groups is 2. The van der Waals surface area contributed by atoms with Crippen LogP contribution in [0.3, 0.4) is 0 Å². The molecular weight excluding hydrogens is 514 g/mol. The molecule has 1 heterocycles. The van der Waals surface area contributed by atoms with Crippen molar-refractivity contribution in [3.05, 3.63) is 155 Å². The Kier molecular flexibility index (Phi) is 8.08. The zero-order valence-corrected chi connectivity index (χ0v) is 22.8. The summed E-state index contributed by atoms with van der Waals surface area (Å²) in [7, 11) is 0. The number of hydrogen-bond donors (Lipinski definition) is 2. The first-order chi connectivity index (χ1) is 20.0. The smallest absolute Gasteiger partial charge is 0.445 e. The van der Waals surface area contributed by atoms with E-state index < -0.39 is 22.2 Å². The molecule has 1 unspecified atom stereocenters. The minimum atomic E-state index is -1.19. The number of amides is 2. The van der Waals surface area contributed by atoms with Crippen LogP contribution in [0.15, 0.2) is 138 Å². The number of quaternary nitrogens is 1. The van der Waals surface area contributed by atoms with Crippen molar-refractivity contribution in [2.45, 2.75) is 31.5 Å². The van der Waals surface area contributed by atoms with Gasteiger partial charge >= 0.3 is 12.2 Å². The summed E-state index contributed by atoms with van der Waals surface area (Å²) in [5.41, 5.74) is 2.67. The first-order valence-electron chi connectivity index (χ1n) is 13.5. The summed E-state index contributed by atoms with van der Waals surface area (Å²) in [6.07, 6.45) is 1.87. The molecule has 4 aromatic carbocycles. The van der Waals surface area contributed by atoms with Crippen LogP contribution in [0.2, 0.25) is 0 Å². The van der Waals surface area contributed by atoms with Crippen LogP contribution in [0, 0.1) is 0 Å². The van der Waals surface area contributed by atoms with Gasteiger partial charge in [-0.05, 0) is 12.5 Å². The van der Waals surface area contributed by atoms with E-state index in [0.29, 0.717) is 12.1 Å². The van der Waals surface area contributed by atoms with Crippen molar-refractivity contribution in [1.82, 2.24) is 5.32 Å². The topological polar surface area (TPSA) is 88.0 Å². The molecule has 1 aliphatic heterocycles. The van der Waals surface area contributed by atoms with E-state index in [1.54, 1.807) is 6.20 Å². The molecule has 41 heavy (non-hydrogen) atoms. The average Bonchev–Trinajstić information content (AvgIpc) is 3.43. The number of benzene rings is 4. The zero-order chi connectivity index (χ0) is 28.7. The molecule has 2 N–H and O–H groups in total. The number of hydrogen-bond acceptors (Lipinski definition) is 4. The van der Waals surface area contributed by atoms with E-state index in [-0.39, 0.29) is 12.6 Å². The Morgan fingerprint density at radius 2 is 1.27 bits per heavy atom. The molecule has 4 aromatic rings. The lowest BCUT2D eigenvalue weighted by Crippen LogP contribution is -2.61. The summed E-state index contributed by atoms with van der Waals surface area (Å²) in [5.74, 6) is 0. The van der Waals surface area contributed by atoms with Crippen molar-refractivity contribution in [2.75, 3.05) is 0 Å². The normalized spacial score (nSPS) is 17.0. The van der Waals surface area contributed by atoms with E-state index >= 15 is 0 Å². The Balaban J connectivity index is 1.51. The van der Waals surface area contributed by atoms with Crippen molar-refractivity contribution >= 4 is 18.5 Å². The maximum atomic E-state index is 13.5. The highest BCUT2D eigenvalue weighted by Crippen LogP contribution is 2.49. The van der Waals surface area contributed by atoms with E-state index in [1.807, 2.05) is 128 Å². The van der Waals surface area contributed by atoms with Gasteiger partial charge in [0.2, 0.25) is 6.34 Å². The second-order valence-corrected chi connectivity index (χ2v) is 10.0. The van der Waals surface area contributed by atoms with Gasteiger partial charge in [-0.2, -0.15) is 4.79 Å². The fraction of sp³-hybridized carbons (Fsp3) is 0.147. The molecule has 0 saturated heterocycles. The van der Waals surface area contributed by atoms with Crippen LogP contribution in [-0.2, 0) is 16.9 Å². The standard InChI is InChI=1S/C34H31N3O4/c1-26(36-32(38)41-24-27-14-6-2-7-15-27)22-31-23-37(25-35-31,33(39)40)34(28-16-8-3-9-17-28,29-18-10-4-11-19-29)30-20-12-5-13-21-30/h2-21,23,25-26H,22,24H2,1H3,(H-,36,38,39,40)/p+1/t26-,37?/m1/s1. The minimum Gasteiger partial charge on any atom is -0.445 e. The highest BCUT2D eigenvalue weighted by atomic mass is 16.5. The molecule has 1 aliphatic rings. The summed E-state index contributed by atoms with van der Waals surface area (Å²) < 4.78 is 4.76. The third-order valence-electron chi connectivity index (χ3n) is 7.30. The number of rotatable bonds is 9. The van der Waals surface area contributed by atoms with E-state index in [0.717, 1.165) is 22.3 Å². The van der Waals surface area contributed by atoms with Gasteiger partial charge in [-0.3, -0.25) is 0 Å². The molecule has 206 valence electrons. The van der Waals surface area contributed by atoms with Crippen molar-refractivity contribution in [3.8, 4) is 0 Å². The summed E-state index contributed by atoms with van der Waals surface area (Å²) >= 11 is 0. The monoisotopic (exact) mass is 546 g/mol. The van der Waals surface area contributed by atoms with Crippen LogP contribution in [0.1, 0.15) is 35.6 Å². The number of carboxylic acid groups (broad SMARTS) is 1. The zero-order valence-electron chi connectivity index (χ0n) is 22.8. The largest absolute Gasteiger partial charge is 0.525 e. The third kappa shape index (κ3) is 5.40. The van der Waals surface area contributed by atoms with E-state index in [1.165, 1.54) is 6.34 Å². The summed E-state index contributed by atoms with van der Waals surface area (Å²) in [6.45, 7) is 2.00. The molecule has 2 amide bonds. The summed E-state index contributed by atoms with van der Waals surface area (Å²) in [5, 5.41) is 13.8. The Morgan fingerprint density at radius 1 is 0.805 bits per heavy atom. The molecule has 7 heteroatoms.